The molecule has 0 saturated carbocycles. The number of rotatable bonds is 5. The number of hydrogen-bond donors (Lipinski definition) is 1. The van der Waals surface area contributed by atoms with Crippen molar-refractivity contribution in [2.75, 3.05) is 6.54 Å². The van der Waals surface area contributed by atoms with Crippen LogP contribution in [-0.2, 0) is 24.2 Å². The zero-order valence-corrected chi connectivity index (χ0v) is 13.7. The van der Waals surface area contributed by atoms with E-state index in [1.165, 1.54) is 30.2 Å². The van der Waals surface area contributed by atoms with Crippen molar-refractivity contribution in [3.63, 3.8) is 0 Å². The third-order valence-corrected chi connectivity index (χ3v) is 4.43. The Labute approximate surface area is 141 Å². The van der Waals surface area contributed by atoms with E-state index in [4.69, 9.17) is 11.6 Å². The van der Waals surface area contributed by atoms with Crippen molar-refractivity contribution in [1.82, 2.24) is 15.1 Å². The molecule has 1 aromatic carbocycles. The quantitative estimate of drug-likeness (QED) is 0.856. The minimum Gasteiger partial charge on any atom is -0.351 e. The molecule has 0 spiro atoms. The molecule has 1 aromatic heterocycles. The molecule has 0 radical (unpaired) electrons. The molecule has 0 atom stereocenters. The van der Waals surface area contributed by atoms with Gasteiger partial charge in [-0.25, -0.2) is 0 Å². The molecule has 0 saturated heterocycles. The minimum absolute atomic E-state index is 0.119. The van der Waals surface area contributed by atoms with E-state index in [1.54, 1.807) is 12.1 Å². The first-order valence-electron chi connectivity index (χ1n) is 7.98. The molecule has 1 aliphatic rings. The number of aryl methyl sites for hydroxylation is 1. The predicted octanol–water partition coefficient (Wildman–Crippen LogP) is 3.24. The fraction of sp³-hybridized carbons (Fsp3) is 0.333. The largest absolute Gasteiger partial charge is 0.351 e. The summed E-state index contributed by atoms with van der Waals surface area (Å²) in [4.78, 5) is 11.9. The Morgan fingerprint density at radius 1 is 1.30 bits per heavy atom. The maximum Gasteiger partial charge on any atom is 0.244 e. The lowest BCUT2D eigenvalue weighted by atomic mass is 9.98. The van der Waals surface area contributed by atoms with Gasteiger partial charge in [0.25, 0.3) is 0 Å². The molecule has 5 heteroatoms. The van der Waals surface area contributed by atoms with Crippen molar-refractivity contribution in [2.24, 2.45) is 0 Å². The number of carbonyl (C=O) groups excluding carboxylic acids is 1. The summed E-state index contributed by atoms with van der Waals surface area (Å²) in [6.45, 7) is 1.28. The highest BCUT2D eigenvalue weighted by Crippen LogP contribution is 2.20. The second-order valence-electron chi connectivity index (χ2n) is 5.69. The number of nitrogens with one attached hydrogen (secondary N) is 1. The van der Waals surface area contributed by atoms with Crippen LogP contribution in [-0.4, -0.2) is 22.2 Å². The number of amides is 1. The van der Waals surface area contributed by atoms with E-state index in [0.717, 1.165) is 18.4 Å². The molecule has 0 unspecified atom stereocenters. The third kappa shape index (κ3) is 4.02. The molecule has 0 fully saturated rings. The van der Waals surface area contributed by atoms with E-state index in [9.17, 15) is 4.79 Å². The van der Waals surface area contributed by atoms with Crippen molar-refractivity contribution < 1.29 is 4.79 Å². The highest BCUT2D eigenvalue weighted by atomic mass is 35.5. The molecule has 1 heterocycles. The van der Waals surface area contributed by atoms with Crippen molar-refractivity contribution >= 4 is 23.6 Å². The fourth-order valence-corrected chi connectivity index (χ4v) is 3.07. The van der Waals surface area contributed by atoms with Crippen molar-refractivity contribution in [3.8, 4) is 0 Å². The smallest absolute Gasteiger partial charge is 0.244 e. The summed E-state index contributed by atoms with van der Waals surface area (Å²) in [5.74, 6) is -0.119. The Morgan fingerprint density at radius 2 is 2.13 bits per heavy atom. The lowest BCUT2D eigenvalue weighted by molar-refractivity contribution is -0.116. The summed E-state index contributed by atoms with van der Waals surface area (Å²) >= 11 is 6.05. The van der Waals surface area contributed by atoms with Crippen molar-refractivity contribution in [1.29, 1.82) is 0 Å². The van der Waals surface area contributed by atoms with Gasteiger partial charge in [-0.1, -0.05) is 29.8 Å². The van der Waals surface area contributed by atoms with Gasteiger partial charge in [-0.05, 0) is 49.0 Å². The van der Waals surface area contributed by atoms with Crippen LogP contribution in [0.4, 0.5) is 0 Å². The standard InChI is InChI=1S/C18H20ClN3O/c19-16-7-3-1-5-14(16)9-10-18(23)20-11-12-22-17-8-4-2-6-15(17)13-21-22/h1,3,5,7,9-10,13H,2,4,6,8,11-12H2,(H,20,23). The Kier molecular flexibility index (Phi) is 5.13. The summed E-state index contributed by atoms with van der Waals surface area (Å²) in [6, 6.07) is 7.44. The topological polar surface area (TPSA) is 46.9 Å². The highest BCUT2D eigenvalue weighted by Gasteiger charge is 2.14. The van der Waals surface area contributed by atoms with Crippen LogP contribution in [0.1, 0.15) is 29.7 Å². The van der Waals surface area contributed by atoms with Crippen molar-refractivity contribution in [3.05, 3.63) is 58.4 Å². The van der Waals surface area contributed by atoms with Crippen molar-refractivity contribution in [2.45, 2.75) is 32.2 Å². The van der Waals surface area contributed by atoms with E-state index >= 15 is 0 Å². The van der Waals surface area contributed by atoms with Gasteiger partial charge in [0.1, 0.15) is 0 Å². The van der Waals surface area contributed by atoms with E-state index in [2.05, 4.69) is 10.4 Å². The second-order valence-corrected chi connectivity index (χ2v) is 6.10. The van der Waals surface area contributed by atoms with Gasteiger partial charge >= 0.3 is 0 Å². The van der Waals surface area contributed by atoms with Crippen LogP contribution in [0.3, 0.4) is 0 Å². The zero-order valence-electron chi connectivity index (χ0n) is 13.0. The number of halogens is 1. The molecular formula is C18H20ClN3O. The van der Waals surface area contributed by atoms with Crippen LogP contribution in [0.25, 0.3) is 6.08 Å². The van der Waals surface area contributed by atoms with Crippen LogP contribution in [0.15, 0.2) is 36.5 Å². The predicted molar refractivity (Wildman–Crippen MR) is 92.4 cm³/mol. The molecule has 1 N–H and O–H groups in total. The van der Waals surface area contributed by atoms with E-state index in [-0.39, 0.29) is 5.91 Å². The van der Waals surface area contributed by atoms with Gasteiger partial charge in [0.2, 0.25) is 5.91 Å². The molecule has 0 bridgehead atoms. The fourth-order valence-electron chi connectivity index (χ4n) is 2.87. The maximum atomic E-state index is 11.9. The first kappa shape index (κ1) is 15.8. The Hall–Kier alpha value is -2.07. The van der Waals surface area contributed by atoms with E-state index in [0.29, 0.717) is 18.1 Å². The third-order valence-electron chi connectivity index (χ3n) is 4.09. The summed E-state index contributed by atoms with van der Waals surface area (Å²) in [5, 5.41) is 7.96. The van der Waals surface area contributed by atoms with Gasteiger partial charge in [-0.15, -0.1) is 0 Å². The highest BCUT2D eigenvalue weighted by molar-refractivity contribution is 6.32. The number of nitrogens with zero attached hydrogens (tertiary/aromatic N) is 2. The zero-order chi connectivity index (χ0) is 16.1. The lowest BCUT2D eigenvalue weighted by Crippen LogP contribution is -2.26. The number of hydrogen-bond acceptors (Lipinski definition) is 2. The SMILES string of the molecule is O=C(C=Cc1ccccc1Cl)NCCn1ncc2c1CCCC2. The number of fused-ring (bicyclic) bond motifs is 1. The van der Waals surface area contributed by atoms with Gasteiger partial charge in [-0.2, -0.15) is 5.10 Å². The molecule has 3 rings (SSSR count). The Bertz CT molecular complexity index is 721. The average Bonchev–Trinajstić information content (AvgIpc) is 2.98. The van der Waals surface area contributed by atoms with Gasteiger partial charge in [0.15, 0.2) is 0 Å². The minimum atomic E-state index is -0.119. The van der Waals surface area contributed by atoms with Crippen LogP contribution < -0.4 is 5.32 Å². The molecule has 1 amide bonds. The average molecular weight is 330 g/mol. The van der Waals surface area contributed by atoms with Crippen LogP contribution >= 0.6 is 11.6 Å². The van der Waals surface area contributed by atoms with Gasteiger partial charge in [-0.3, -0.25) is 9.48 Å². The normalized spacial score (nSPS) is 14.0. The van der Waals surface area contributed by atoms with Crippen LogP contribution in [0, 0.1) is 0 Å². The molecule has 23 heavy (non-hydrogen) atoms. The summed E-state index contributed by atoms with van der Waals surface area (Å²) in [7, 11) is 0. The molecule has 4 nitrogen and oxygen atoms in total. The summed E-state index contributed by atoms with van der Waals surface area (Å²) in [6.07, 6.45) is 9.91. The second kappa shape index (κ2) is 7.47. The first-order valence-corrected chi connectivity index (χ1v) is 8.36. The number of carbonyl (C=O) groups is 1. The van der Waals surface area contributed by atoms with Gasteiger partial charge in [0.05, 0.1) is 12.7 Å². The molecular weight excluding hydrogens is 310 g/mol. The van der Waals surface area contributed by atoms with E-state index in [1.807, 2.05) is 29.1 Å². The van der Waals surface area contributed by atoms with Crippen LogP contribution in [0.2, 0.25) is 5.02 Å². The summed E-state index contributed by atoms with van der Waals surface area (Å²) < 4.78 is 2.02. The molecule has 1 aliphatic carbocycles. The van der Waals surface area contributed by atoms with Gasteiger partial charge in [0, 0.05) is 23.3 Å². The maximum absolute atomic E-state index is 11.9. The van der Waals surface area contributed by atoms with E-state index < -0.39 is 0 Å². The van der Waals surface area contributed by atoms with Crippen LogP contribution in [0.5, 0.6) is 0 Å². The molecule has 120 valence electrons. The first-order chi connectivity index (χ1) is 11.2. The number of aromatic nitrogens is 2. The monoisotopic (exact) mass is 329 g/mol. The molecule has 0 aliphatic heterocycles. The Balaban J connectivity index is 1.50. The van der Waals surface area contributed by atoms with Gasteiger partial charge < -0.3 is 5.32 Å². The Morgan fingerprint density at radius 3 is 3.00 bits per heavy atom. The number of benzene rings is 1. The lowest BCUT2D eigenvalue weighted by Gasteiger charge is -2.13. The molecule has 2 aromatic rings. The summed E-state index contributed by atoms with van der Waals surface area (Å²) in [5.41, 5.74) is 3.53.